The normalized spacial score (nSPS) is 23.9. The number of nitriles is 1. The molecule has 1 atom stereocenters. The molecule has 182 valence electrons. The molecule has 7 nitrogen and oxygen atoms in total. The van der Waals surface area contributed by atoms with Crippen LogP contribution in [0, 0.1) is 17.2 Å². The van der Waals surface area contributed by atoms with Gasteiger partial charge in [-0.2, -0.15) is 5.26 Å². The minimum absolute atomic E-state index is 0.0402. The monoisotopic (exact) mass is 455 g/mol. The Morgan fingerprint density at radius 1 is 1.27 bits per heavy atom. The first-order chi connectivity index (χ1) is 15.7. The van der Waals surface area contributed by atoms with Crippen molar-refractivity contribution < 1.29 is 9.53 Å². The number of pyridine rings is 1. The van der Waals surface area contributed by atoms with Gasteiger partial charge in [0.25, 0.3) is 0 Å². The molecular weight excluding hydrogens is 414 g/mol. The molecule has 7 heteroatoms. The molecule has 0 saturated carbocycles. The van der Waals surface area contributed by atoms with Gasteiger partial charge in [-0.15, -0.1) is 0 Å². The molecule has 0 radical (unpaired) electrons. The maximum absolute atomic E-state index is 12.7. The van der Waals surface area contributed by atoms with Crippen LogP contribution in [-0.4, -0.2) is 77.7 Å². The van der Waals surface area contributed by atoms with Crippen LogP contribution in [-0.2, 0) is 16.0 Å². The summed E-state index contributed by atoms with van der Waals surface area (Å²) in [5, 5.41) is 12.3. The number of carbonyl (C=O) groups excluding carboxylic acids is 1. The van der Waals surface area contributed by atoms with Crippen LogP contribution in [0.4, 0.5) is 0 Å². The Morgan fingerprint density at radius 2 is 2.03 bits per heavy atom. The van der Waals surface area contributed by atoms with Gasteiger partial charge in [-0.3, -0.25) is 9.69 Å². The van der Waals surface area contributed by atoms with E-state index >= 15 is 0 Å². The average Bonchev–Trinajstić information content (AvgIpc) is 2.80. The van der Waals surface area contributed by atoms with Crippen LogP contribution in [0.25, 0.3) is 0 Å². The standard InChI is InChI=1S/C26H41N5O2/c1-21(2)10-12-30-13-15-31(16-14-30)26(11-17-33-25(3,4)19-26)20-28-24(32)9-8-22-6-5-7-23(18-27)29-22/h5-7,21H,8-17,19-20H2,1-4H3,(H,28,32). The maximum Gasteiger partial charge on any atom is 0.220 e. The van der Waals surface area contributed by atoms with Crippen molar-refractivity contribution in [3.63, 3.8) is 0 Å². The number of piperazine rings is 1. The lowest BCUT2D eigenvalue weighted by Gasteiger charge is -2.53. The second kappa shape index (κ2) is 11.4. The van der Waals surface area contributed by atoms with E-state index < -0.39 is 0 Å². The number of ether oxygens (including phenoxy) is 1. The second-order valence-corrected chi connectivity index (χ2v) is 10.7. The molecule has 2 saturated heterocycles. The van der Waals surface area contributed by atoms with Crippen molar-refractivity contribution in [2.24, 2.45) is 5.92 Å². The number of nitrogens with one attached hydrogen (secondary N) is 1. The van der Waals surface area contributed by atoms with Gasteiger partial charge in [0.05, 0.1) is 5.60 Å². The van der Waals surface area contributed by atoms with Gasteiger partial charge in [-0.05, 0) is 64.1 Å². The first-order valence-corrected chi connectivity index (χ1v) is 12.5. The van der Waals surface area contributed by atoms with Gasteiger partial charge in [0, 0.05) is 57.0 Å². The SMILES string of the molecule is CC(C)CCN1CCN(C2(CNC(=O)CCc3cccc(C#N)n3)CCOC(C)(C)C2)CC1. The highest BCUT2D eigenvalue weighted by Crippen LogP contribution is 2.37. The fraction of sp³-hybridized carbons (Fsp3) is 0.731. The molecule has 2 fully saturated rings. The molecule has 1 aromatic heterocycles. The van der Waals surface area contributed by atoms with Crippen molar-refractivity contribution in [1.29, 1.82) is 5.26 Å². The van der Waals surface area contributed by atoms with Crippen molar-refractivity contribution >= 4 is 5.91 Å². The first-order valence-electron chi connectivity index (χ1n) is 12.5. The highest BCUT2D eigenvalue weighted by Gasteiger charge is 2.45. The van der Waals surface area contributed by atoms with Crippen LogP contribution in [0.15, 0.2) is 18.2 Å². The van der Waals surface area contributed by atoms with Gasteiger partial charge in [-0.25, -0.2) is 4.98 Å². The zero-order valence-electron chi connectivity index (χ0n) is 20.9. The molecule has 3 rings (SSSR count). The van der Waals surface area contributed by atoms with Crippen LogP contribution < -0.4 is 5.32 Å². The van der Waals surface area contributed by atoms with Gasteiger partial charge < -0.3 is 15.0 Å². The summed E-state index contributed by atoms with van der Waals surface area (Å²) >= 11 is 0. The number of rotatable bonds is 9. The molecule has 0 spiro atoms. The third-order valence-electron chi connectivity index (χ3n) is 7.02. The van der Waals surface area contributed by atoms with E-state index in [9.17, 15) is 4.79 Å². The van der Waals surface area contributed by atoms with E-state index in [2.05, 4.69) is 53.9 Å². The zero-order valence-corrected chi connectivity index (χ0v) is 20.9. The molecule has 1 amide bonds. The van der Waals surface area contributed by atoms with E-state index in [0.29, 0.717) is 25.1 Å². The Bertz CT molecular complexity index is 826. The molecule has 1 N–H and O–H groups in total. The molecule has 0 aliphatic carbocycles. The number of carbonyl (C=O) groups is 1. The predicted octanol–water partition coefficient (Wildman–Crippen LogP) is 2.99. The van der Waals surface area contributed by atoms with E-state index in [4.69, 9.17) is 10.00 Å². The van der Waals surface area contributed by atoms with Crippen molar-refractivity contribution in [3.8, 4) is 6.07 Å². The summed E-state index contributed by atoms with van der Waals surface area (Å²) in [4.78, 5) is 22.2. The summed E-state index contributed by atoms with van der Waals surface area (Å²) in [5.41, 5.74) is 0.910. The van der Waals surface area contributed by atoms with Gasteiger partial charge in [0.15, 0.2) is 0 Å². The highest BCUT2D eigenvalue weighted by molar-refractivity contribution is 5.76. The number of aromatic nitrogens is 1. The Hall–Kier alpha value is -2.01. The van der Waals surface area contributed by atoms with E-state index in [1.807, 2.05) is 12.1 Å². The number of hydrogen-bond donors (Lipinski definition) is 1. The molecule has 2 aliphatic heterocycles. The Morgan fingerprint density at radius 3 is 2.70 bits per heavy atom. The predicted molar refractivity (Wildman–Crippen MR) is 130 cm³/mol. The smallest absolute Gasteiger partial charge is 0.220 e. The van der Waals surface area contributed by atoms with Gasteiger partial charge in [0.1, 0.15) is 11.8 Å². The van der Waals surface area contributed by atoms with Gasteiger partial charge >= 0.3 is 0 Å². The lowest BCUT2D eigenvalue weighted by Crippen LogP contribution is -2.65. The third kappa shape index (κ3) is 7.49. The zero-order chi connectivity index (χ0) is 23.9. The molecule has 33 heavy (non-hydrogen) atoms. The van der Waals surface area contributed by atoms with Crippen molar-refractivity contribution in [2.45, 2.75) is 70.9 Å². The number of aryl methyl sites for hydroxylation is 1. The lowest BCUT2D eigenvalue weighted by molar-refractivity contribution is -0.133. The van der Waals surface area contributed by atoms with Crippen molar-refractivity contribution in [2.75, 3.05) is 45.9 Å². The van der Waals surface area contributed by atoms with Gasteiger partial charge in [-0.1, -0.05) is 19.9 Å². The van der Waals surface area contributed by atoms with E-state index in [0.717, 1.165) is 57.2 Å². The Kier molecular flexibility index (Phi) is 8.86. The highest BCUT2D eigenvalue weighted by atomic mass is 16.5. The third-order valence-corrected chi connectivity index (χ3v) is 7.02. The minimum Gasteiger partial charge on any atom is -0.375 e. The maximum atomic E-state index is 12.7. The largest absolute Gasteiger partial charge is 0.375 e. The molecule has 1 aromatic rings. The second-order valence-electron chi connectivity index (χ2n) is 10.7. The molecule has 0 aromatic carbocycles. The fourth-order valence-corrected chi connectivity index (χ4v) is 5.14. The number of hydrogen-bond acceptors (Lipinski definition) is 6. The van der Waals surface area contributed by atoms with Crippen molar-refractivity contribution in [1.82, 2.24) is 20.1 Å². The summed E-state index contributed by atoms with van der Waals surface area (Å²) in [6.45, 7) is 15.7. The summed E-state index contributed by atoms with van der Waals surface area (Å²) in [6, 6.07) is 7.43. The van der Waals surface area contributed by atoms with Crippen LogP contribution in [0.1, 0.15) is 64.8 Å². The van der Waals surface area contributed by atoms with Crippen LogP contribution >= 0.6 is 0 Å². The summed E-state index contributed by atoms with van der Waals surface area (Å²) in [7, 11) is 0. The summed E-state index contributed by atoms with van der Waals surface area (Å²) < 4.78 is 6.05. The molecular formula is C26H41N5O2. The number of nitrogens with zero attached hydrogens (tertiary/aromatic N) is 4. The van der Waals surface area contributed by atoms with Gasteiger partial charge in [0.2, 0.25) is 5.91 Å². The van der Waals surface area contributed by atoms with E-state index in [1.165, 1.54) is 13.0 Å². The Balaban J connectivity index is 1.58. The number of amides is 1. The summed E-state index contributed by atoms with van der Waals surface area (Å²) in [6.07, 6.45) is 4.01. The van der Waals surface area contributed by atoms with Crippen molar-refractivity contribution in [3.05, 3.63) is 29.6 Å². The lowest BCUT2D eigenvalue weighted by atomic mass is 9.79. The fourth-order valence-electron chi connectivity index (χ4n) is 5.14. The topological polar surface area (TPSA) is 81.5 Å². The van der Waals surface area contributed by atoms with Crippen LogP contribution in [0.2, 0.25) is 0 Å². The average molecular weight is 456 g/mol. The van der Waals surface area contributed by atoms with Crippen LogP contribution in [0.5, 0.6) is 0 Å². The molecule has 0 bridgehead atoms. The minimum atomic E-state index is -0.195. The summed E-state index contributed by atoms with van der Waals surface area (Å²) in [5.74, 6) is 0.775. The Labute approximate surface area is 199 Å². The quantitative estimate of drug-likeness (QED) is 0.617. The molecule has 3 heterocycles. The van der Waals surface area contributed by atoms with E-state index in [-0.39, 0.29) is 17.0 Å². The van der Waals surface area contributed by atoms with Crippen LogP contribution in [0.3, 0.4) is 0 Å². The first kappa shape index (κ1) is 25.6. The molecule has 2 aliphatic rings. The van der Waals surface area contributed by atoms with E-state index in [1.54, 1.807) is 6.07 Å². The molecule has 1 unspecified atom stereocenters.